The maximum atomic E-state index is 10.6. The van der Waals surface area contributed by atoms with Gasteiger partial charge in [-0.1, -0.05) is 0 Å². The highest BCUT2D eigenvalue weighted by molar-refractivity contribution is 5.75. The zero-order valence-electron chi connectivity index (χ0n) is 7.16. The first-order valence-corrected chi connectivity index (χ1v) is 3.97. The fraction of sp³-hybridized carbons (Fsp3) is 0.125. The van der Waals surface area contributed by atoms with Crippen molar-refractivity contribution >= 4 is 11.6 Å². The lowest BCUT2D eigenvalue weighted by Gasteiger charge is -1.99. The summed E-state index contributed by atoms with van der Waals surface area (Å²) >= 11 is 0. The fourth-order valence-corrected chi connectivity index (χ4v) is 1.13. The van der Waals surface area contributed by atoms with Gasteiger partial charge in [0.05, 0.1) is 5.69 Å². The molecule has 0 aliphatic carbocycles. The molecule has 2 aromatic rings. The number of nitrogens with zero attached hydrogens (tertiary/aromatic N) is 3. The van der Waals surface area contributed by atoms with E-state index < -0.39 is 12.0 Å². The fourth-order valence-electron chi connectivity index (χ4n) is 1.13. The van der Waals surface area contributed by atoms with E-state index in [9.17, 15) is 4.79 Å². The average molecular weight is 192 g/mol. The zero-order valence-corrected chi connectivity index (χ0v) is 7.16. The Morgan fingerprint density at radius 1 is 1.64 bits per heavy atom. The van der Waals surface area contributed by atoms with Crippen molar-refractivity contribution in [2.24, 2.45) is 5.73 Å². The number of fused-ring (bicyclic) bond motifs is 1. The van der Waals surface area contributed by atoms with Gasteiger partial charge in [0, 0.05) is 18.5 Å². The second-order valence-electron chi connectivity index (χ2n) is 2.81. The van der Waals surface area contributed by atoms with Crippen molar-refractivity contribution in [2.75, 3.05) is 0 Å². The Balaban J connectivity index is 2.50. The molecular formula is C8H8N4O2. The Bertz CT molecular complexity index is 446. The third-order valence-electron chi connectivity index (χ3n) is 1.84. The molecule has 0 spiro atoms. The summed E-state index contributed by atoms with van der Waals surface area (Å²) in [6.07, 6.45) is 3.29. The van der Waals surface area contributed by atoms with E-state index in [0.29, 0.717) is 11.3 Å². The van der Waals surface area contributed by atoms with E-state index in [0.717, 1.165) is 0 Å². The van der Waals surface area contributed by atoms with Crippen LogP contribution in [0.4, 0.5) is 0 Å². The van der Waals surface area contributed by atoms with Crippen molar-refractivity contribution in [1.82, 2.24) is 14.6 Å². The van der Waals surface area contributed by atoms with Gasteiger partial charge in [-0.2, -0.15) is 5.10 Å². The monoisotopic (exact) mass is 192 g/mol. The van der Waals surface area contributed by atoms with Gasteiger partial charge in [0.15, 0.2) is 5.65 Å². The number of carbonyl (C=O) groups is 1. The summed E-state index contributed by atoms with van der Waals surface area (Å²) in [6.45, 7) is 0. The predicted molar refractivity (Wildman–Crippen MR) is 47.6 cm³/mol. The summed E-state index contributed by atoms with van der Waals surface area (Å²) in [5.41, 5.74) is 6.28. The Morgan fingerprint density at radius 2 is 2.43 bits per heavy atom. The Labute approximate surface area is 79.0 Å². The Hall–Kier alpha value is -1.95. The molecule has 0 saturated carbocycles. The van der Waals surface area contributed by atoms with E-state index in [1.165, 1.54) is 4.52 Å². The maximum absolute atomic E-state index is 10.6. The van der Waals surface area contributed by atoms with Gasteiger partial charge in [-0.3, -0.25) is 4.79 Å². The van der Waals surface area contributed by atoms with Crippen molar-refractivity contribution < 1.29 is 9.90 Å². The number of rotatable bonds is 2. The summed E-state index contributed by atoms with van der Waals surface area (Å²) in [5, 5.41) is 12.6. The van der Waals surface area contributed by atoms with Gasteiger partial charge in [-0.05, 0) is 6.07 Å². The van der Waals surface area contributed by atoms with E-state index >= 15 is 0 Å². The molecule has 0 aromatic carbocycles. The Kier molecular flexibility index (Phi) is 1.90. The van der Waals surface area contributed by atoms with E-state index in [1.54, 1.807) is 24.5 Å². The summed E-state index contributed by atoms with van der Waals surface area (Å²) in [5.74, 6) is -1.10. The quantitative estimate of drug-likeness (QED) is 0.688. The molecule has 72 valence electrons. The second-order valence-corrected chi connectivity index (χ2v) is 2.81. The number of hydrogen-bond acceptors (Lipinski definition) is 4. The summed E-state index contributed by atoms with van der Waals surface area (Å²) in [6, 6.07) is 2.16. The van der Waals surface area contributed by atoms with E-state index in [4.69, 9.17) is 10.8 Å². The average Bonchev–Trinajstić information content (AvgIpc) is 2.59. The largest absolute Gasteiger partial charge is 0.480 e. The molecule has 0 bridgehead atoms. The number of aromatic nitrogens is 3. The van der Waals surface area contributed by atoms with Gasteiger partial charge < -0.3 is 10.8 Å². The molecule has 1 atom stereocenters. The first-order chi connectivity index (χ1) is 6.68. The molecule has 0 amide bonds. The molecule has 6 nitrogen and oxygen atoms in total. The highest BCUT2D eigenvalue weighted by Crippen LogP contribution is 2.10. The summed E-state index contributed by atoms with van der Waals surface area (Å²) < 4.78 is 1.48. The summed E-state index contributed by atoms with van der Waals surface area (Å²) in [4.78, 5) is 14.6. The van der Waals surface area contributed by atoms with Crippen LogP contribution >= 0.6 is 0 Å². The number of carboxylic acid groups (broad SMARTS) is 1. The molecule has 14 heavy (non-hydrogen) atoms. The molecule has 0 fully saturated rings. The van der Waals surface area contributed by atoms with Gasteiger partial charge in [0.2, 0.25) is 0 Å². The van der Waals surface area contributed by atoms with Crippen molar-refractivity contribution in [3.05, 3.63) is 30.2 Å². The van der Waals surface area contributed by atoms with E-state index in [1.807, 2.05) is 0 Å². The lowest BCUT2D eigenvalue weighted by molar-refractivity contribution is -0.138. The predicted octanol–water partition coefficient (Wildman–Crippen LogP) is -0.186. The molecule has 0 aliphatic heterocycles. The van der Waals surface area contributed by atoms with Gasteiger partial charge in [0.25, 0.3) is 0 Å². The van der Waals surface area contributed by atoms with Crippen molar-refractivity contribution in [1.29, 1.82) is 0 Å². The number of aliphatic carboxylic acids is 1. The number of hydrogen-bond donors (Lipinski definition) is 2. The van der Waals surface area contributed by atoms with Crippen LogP contribution in [0.3, 0.4) is 0 Å². The standard InChI is InChI=1S/C8H8N4O2/c9-7(8(13)14)5-4-6-10-2-1-3-12(6)11-5/h1-4,7H,9H2,(H,13,14). The smallest absolute Gasteiger partial charge is 0.326 e. The van der Waals surface area contributed by atoms with Crippen LogP contribution in [0, 0.1) is 0 Å². The van der Waals surface area contributed by atoms with Crippen LogP contribution in [0.1, 0.15) is 11.7 Å². The van der Waals surface area contributed by atoms with E-state index in [2.05, 4.69) is 10.1 Å². The molecule has 3 N–H and O–H groups in total. The lowest BCUT2D eigenvalue weighted by Crippen LogP contribution is -2.21. The highest BCUT2D eigenvalue weighted by Gasteiger charge is 2.17. The Morgan fingerprint density at radius 3 is 3.07 bits per heavy atom. The van der Waals surface area contributed by atoms with Gasteiger partial charge in [0.1, 0.15) is 6.04 Å². The molecule has 0 aliphatic rings. The molecule has 0 radical (unpaired) electrons. The van der Waals surface area contributed by atoms with Crippen LogP contribution in [0.25, 0.3) is 5.65 Å². The maximum Gasteiger partial charge on any atom is 0.326 e. The van der Waals surface area contributed by atoms with Gasteiger partial charge >= 0.3 is 5.97 Å². The highest BCUT2D eigenvalue weighted by atomic mass is 16.4. The van der Waals surface area contributed by atoms with E-state index in [-0.39, 0.29) is 0 Å². The lowest BCUT2D eigenvalue weighted by atomic mass is 10.2. The molecule has 2 rings (SSSR count). The second kappa shape index (κ2) is 3.08. The van der Waals surface area contributed by atoms with Crippen LogP contribution in [-0.2, 0) is 4.79 Å². The minimum absolute atomic E-state index is 0.302. The molecule has 2 aromatic heterocycles. The summed E-state index contributed by atoms with van der Waals surface area (Å²) in [7, 11) is 0. The van der Waals surface area contributed by atoms with Crippen LogP contribution in [-0.4, -0.2) is 25.7 Å². The topological polar surface area (TPSA) is 93.5 Å². The van der Waals surface area contributed by atoms with Crippen LogP contribution < -0.4 is 5.73 Å². The zero-order chi connectivity index (χ0) is 10.1. The van der Waals surface area contributed by atoms with Gasteiger partial charge in [-0.25, -0.2) is 9.50 Å². The number of nitrogens with two attached hydrogens (primary N) is 1. The SMILES string of the molecule is NC(C(=O)O)c1cc2ncccn2n1. The molecule has 1 unspecified atom stereocenters. The van der Waals surface area contributed by atoms with Crippen molar-refractivity contribution in [3.8, 4) is 0 Å². The molecular weight excluding hydrogens is 184 g/mol. The van der Waals surface area contributed by atoms with Gasteiger partial charge in [-0.15, -0.1) is 0 Å². The first kappa shape index (κ1) is 8.64. The van der Waals surface area contributed by atoms with Crippen molar-refractivity contribution in [2.45, 2.75) is 6.04 Å². The van der Waals surface area contributed by atoms with Crippen LogP contribution in [0.5, 0.6) is 0 Å². The normalized spacial score (nSPS) is 12.9. The minimum Gasteiger partial charge on any atom is -0.480 e. The molecule has 6 heteroatoms. The van der Waals surface area contributed by atoms with Crippen molar-refractivity contribution in [3.63, 3.8) is 0 Å². The third kappa shape index (κ3) is 1.31. The first-order valence-electron chi connectivity index (χ1n) is 3.97. The third-order valence-corrected chi connectivity index (χ3v) is 1.84. The number of carboxylic acids is 1. The molecule has 2 heterocycles. The van der Waals surface area contributed by atoms with Crippen LogP contribution in [0.15, 0.2) is 24.5 Å². The molecule has 0 saturated heterocycles. The minimum atomic E-state index is -1.10. The van der Waals surface area contributed by atoms with Crippen LogP contribution in [0.2, 0.25) is 0 Å².